The smallest absolute Gasteiger partial charge is 0.398 e. The minimum Gasteiger partial charge on any atom is -0.398 e. The number of nitrogens with zero attached hydrogens (tertiary/aromatic N) is 1. The maximum Gasteiger partial charge on any atom is 0.418 e. The zero-order chi connectivity index (χ0) is 26.5. The van der Waals surface area contributed by atoms with Crippen LogP contribution in [0.5, 0.6) is 0 Å². The summed E-state index contributed by atoms with van der Waals surface area (Å²) in [5.41, 5.74) is 5.00. The van der Waals surface area contributed by atoms with Crippen LogP contribution in [0.25, 0.3) is 32.5 Å². The van der Waals surface area contributed by atoms with E-state index < -0.39 is 28.9 Å². The lowest BCUT2D eigenvalue weighted by Crippen LogP contribution is -2.23. The third-order valence-electron chi connectivity index (χ3n) is 5.98. The normalized spacial score (nSPS) is 11.8. The van der Waals surface area contributed by atoms with Crippen molar-refractivity contribution in [2.75, 3.05) is 5.73 Å². The second-order valence-electron chi connectivity index (χ2n) is 8.36. The molecule has 5 rings (SSSR count). The molecule has 0 aliphatic heterocycles. The molecule has 37 heavy (non-hydrogen) atoms. The molecule has 0 amide bonds. The highest BCUT2D eigenvalue weighted by Gasteiger charge is 2.33. The van der Waals surface area contributed by atoms with Crippen molar-refractivity contribution in [2.24, 2.45) is 0 Å². The third-order valence-corrected chi connectivity index (χ3v) is 7.24. The quantitative estimate of drug-likeness (QED) is 0.183. The van der Waals surface area contributed by atoms with Crippen LogP contribution in [0.3, 0.4) is 0 Å². The van der Waals surface area contributed by atoms with Crippen LogP contribution in [0.15, 0.2) is 76.9 Å². The van der Waals surface area contributed by atoms with Crippen LogP contribution in [0.2, 0.25) is 5.02 Å². The molecule has 0 unspecified atom stereocenters. The van der Waals surface area contributed by atoms with Gasteiger partial charge in [-0.05, 0) is 58.3 Å². The number of pyridine rings is 1. The molecule has 0 bridgehead atoms. The molecule has 0 spiro atoms. The van der Waals surface area contributed by atoms with Crippen LogP contribution in [0.1, 0.15) is 11.1 Å². The van der Waals surface area contributed by atoms with E-state index in [4.69, 9.17) is 17.3 Å². The number of nitrogens with two attached hydrogens (primary N) is 1. The number of hydrogen-bond donors (Lipinski definition) is 1. The number of hydrogen-bond acceptors (Lipinski definition) is 3. The summed E-state index contributed by atoms with van der Waals surface area (Å²) in [6, 6.07) is 15.1. The van der Waals surface area contributed by atoms with E-state index in [-0.39, 0.29) is 28.2 Å². The fourth-order valence-electron chi connectivity index (χ4n) is 4.14. The summed E-state index contributed by atoms with van der Waals surface area (Å²) in [4.78, 5) is 14.1. The molecule has 0 saturated carbocycles. The van der Waals surface area contributed by atoms with Gasteiger partial charge in [0.05, 0.1) is 33.1 Å². The van der Waals surface area contributed by atoms with Gasteiger partial charge < -0.3 is 10.3 Å². The number of benzene rings is 3. The fraction of sp³-hybridized carbons (Fsp3) is 0.0741. The molecule has 5 aromatic rings. The zero-order valence-electron chi connectivity index (χ0n) is 18.7. The number of thiophene rings is 1. The first-order valence-electron chi connectivity index (χ1n) is 10.8. The molecule has 188 valence electrons. The van der Waals surface area contributed by atoms with Crippen LogP contribution >= 0.6 is 22.9 Å². The summed E-state index contributed by atoms with van der Waals surface area (Å²) < 4.78 is 69.4. The first-order chi connectivity index (χ1) is 17.5. The molecule has 0 aliphatic rings. The molecule has 2 heterocycles. The van der Waals surface area contributed by atoms with E-state index in [1.54, 1.807) is 35.7 Å². The topological polar surface area (TPSA) is 48.0 Å². The van der Waals surface area contributed by atoms with Crippen molar-refractivity contribution in [1.82, 2.24) is 4.57 Å². The van der Waals surface area contributed by atoms with Gasteiger partial charge in [-0.1, -0.05) is 35.9 Å². The maximum absolute atomic E-state index is 14.5. The minimum atomic E-state index is -4.61. The van der Waals surface area contributed by atoms with Crippen LogP contribution in [-0.2, 0) is 12.7 Å². The average Bonchev–Trinajstić information content (AvgIpc) is 3.32. The van der Waals surface area contributed by atoms with Gasteiger partial charge in [0.15, 0.2) is 0 Å². The van der Waals surface area contributed by atoms with Crippen LogP contribution in [-0.4, -0.2) is 4.57 Å². The maximum atomic E-state index is 14.5. The number of halogens is 6. The fourth-order valence-corrected chi connectivity index (χ4v) is 5.35. The first-order valence-corrected chi connectivity index (χ1v) is 12.1. The van der Waals surface area contributed by atoms with Crippen molar-refractivity contribution in [2.45, 2.75) is 12.7 Å². The van der Waals surface area contributed by atoms with Crippen molar-refractivity contribution in [1.29, 1.82) is 0 Å². The molecule has 0 atom stereocenters. The monoisotopic (exact) mass is 546 g/mol. The van der Waals surface area contributed by atoms with E-state index in [1.807, 2.05) is 0 Å². The Balaban J connectivity index is 1.68. The highest BCUT2D eigenvalue weighted by Crippen LogP contribution is 2.39. The molecule has 0 radical (unpaired) electrons. The number of aromatic nitrogens is 1. The largest absolute Gasteiger partial charge is 0.418 e. The van der Waals surface area contributed by atoms with Gasteiger partial charge in [0.2, 0.25) is 0 Å². The summed E-state index contributed by atoms with van der Waals surface area (Å²) in [6.07, 6.45) is -4.61. The number of anilines is 1. The molecular weight excluding hydrogens is 531 g/mol. The molecule has 2 N–H and O–H groups in total. The zero-order valence-corrected chi connectivity index (χ0v) is 20.3. The SMILES string of the molecule is Nc1ccc(-c2csc(-c3cc4cccc(Cl)c4c(=O)n3Cc3ccc(F)cc3F)c2)cc1C(F)(F)F. The van der Waals surface area contributed by atoms with E-state index in [1.165, 1.54) is 34.1 Å². The Morgan fingerprint density at radius 1 is 0.946 bits per heavy atom. The van der Waals surface area contributed by atoms with Crippen molar-refractivity contribution in [3.63, 3.8) is 0 Å². The van der Waals surface area contributed by atoms with Gasteiger partial charge in [-0.25, -0.2) is 8.78 Å². The predicted molar refractivity (Wildman–Crippen MR) is 137 cm³/mol. The predicted octanol–water partition coefficient (Wildman–Crippen LogP) is 7.98. The molecule has 0 aliphatic carbocycles. The van der Waals surface area contributed by atoms with E-state index in [0.717, 1.165) is 18.2 Å². The lowest BCUT2D eigenvalue weighted by molar-refractivity contribution is -0.136. The van der Waals surface area contributed by atoms with Gasteiger partial charge >= 0.3 is 6.18 Å². The van der Waals surface area contributed by atoms with Crippen LogP contribution in [0, 0.1) is 11.6 Å². The number of rotatable bonds is 4. The van der Waals surface area contributed by atoms with Gasteiger partial charge in [0.25, 0.3) is 5.56 Å². The van der Waals surface area contributed by atoms with E-state index in [0.29, 0.717) is 27.1 Å². The molecule has 10 heteroatoms. The lowest BCUT2D eigenvalue weighted by atomic mass is 10.0. The Bertz CT molecular complexity index is 1730. The van der Waals surface area contributed by atoms with Gasteiger partial charge in [-0.2, -0.15) is 13.2 Å². The summed E-state index contributed by atoms with van der Waals surface area (Å²) in [6.45, 7) is -0.214. The standard InChI is InChI=1S/C27H16ClF5N2OS/c28-20-3-1-2-15-9-23(35(26(36)25(15)20)12-16-4-6-18(29)11-21(16)30)24-10-17(13-37-24)14-5-7-22(34)19(8-14)27(31,32)33/h1-11,13H,12,34H2. The Kier molecular flexibility index (Phi) is 6.29. The number of fused-ring (bicyclic) bond motifs is 1. The Morgan fingerprint density at radius 3 is 2.46 bits per heavy atom. The first kappa shape index (κ1) is 25.0. The van der Waals surface area contributed by atoms with Crippen LogP contribution < -0.4 is 11.3 Å². The Labute approximate surface area is 216 Å². The lowest BCUT2D eigenvalue weighted by Gasteiger charge is -2.15. The minimum absolute atomic E-state index is 0.0845. The Morgan fingerprint density at radius 2 is 1.73 bits per heavy atom. The molecular formula is C27H16ClF5N2OS. The third kappa shape index (κ3) is 4.72. The molecule has 0 fully saturated rings. The molecule has 2 aromatic heterocycles. The highest BCUT2D eigenvalue weighted by molar-refractivity contribution is 7.14. The van der Waals surface area contributed by atoms with Gasteiger partial charge in [0.1, 0.15) is 11.6 Å². The summed E-state index contributed by atoms with van der Waals surface area (Å²) >= 11 is 7.51. The second kappa shape index (κ2) is 9.32. The van der Waals surface area contributed by atoms with Gasteiger partial charge in [-0.15, -0.1) is 11.3 Å². The van der Waals surface area contributed by atoms with Crippen molar-refractivity contribution in [3.05, 3.63) is 110 Å². The van der Waals surface area contributed by atoms with Gasteiger partial charge in [0, 0.05) is 17.3 Å². The van der Waals surface area contributed by atoms with Crippen LogP contribution in [0.4, 0.5) is 27.6 Å². The highest BCUT2D eigenvalue weighted by atomic mass is 35.5. The number of alkyl halides is 3. The number of nitrogen functional groups attached to an aromatic ring is 1. The van der Waals surface area contributed by atoms with E-state index >= 15 is 0 Å². The van der Waals surface area contributed by atoms with E-state index in [2.05, 4.69) is 0 Å². The van der Waals surface area contributed by atoms with Gasteiger partial charge in [-0.3, -0.25) is 4.79 Å². The Hall–Kier alpha value is -3.69. The summed E-state index contributed by atoms with van der Waals surface area (Å²) in [5, 5.41) is 2.66. The average molecular weight is 547 g/mol. The molecule has 3 aromatic carbocycles. The molecule has 0 saturated heterocycles. The second-order valence-corrected chi connectivity index (χ2v) is 9.68. The summed E-state index contributed by atoms with van der Waals surface area (Å²) in [5.74, 6) is -1.56. The van der Waals surface area contributed by atoms with Crippen molar-refractivity contribution >= 4 is 39.4 Å². The molecule has 3 nitrogen and oxygen atoms in total. The van der Waals surface area contributed by atoms with E-state index in [9.17, 15) is 26.7 Å². The van der Waals surface area contributed by atoms with Crippen molar-refractivity contribution in [3.8, 4) is 21.7 Å². The van der Waals surface area contributed by atoms with Crippen molar-refractivity contribution < 1.29 is 22.0 Å². The summed E-state index contributed by atoms with van der Waals surface area (Å²) in [7, 11) is 0.